The highest BCUT2D eigenvalue weighted by Crippen LogP contribution is 2.42. The SMILES string of the molecule is O=C(O)c1ccc(C2CCCCC2)c(C(F)(F)F)c1.[2H]C([2H])(O)c1ccc(C2CCCCC2)c(C(F)(F)F)c1. The van der Waals surface area contributed by atoms with Crippen LogP contribution in [-0.2, 0) is 18.9 Å². The zero-order chi connectivity index (χ0) is 29.0. The Kier molecular flexibility index (Phi) is 8.69. The Morgan fingerprint density at radius 1 is 0.757 bits per heavy atom. The van der Waals surface area contributed by atoms with E-state index in [0.717, 1.165) is 76.3 Å². The maximum Gasteiger partial charge on any atom is 0.416 e. The zero-order valence-electron chi connectivity index (χ0n) is 22.3. The van der Waals surface area contributed by atoms with E-state index in [1.807, 2.05) is 0 Å². The zero-order valence-corrected chi connectivity index (χ0v) is 20.3. The minimum Gasteiger partial charge on any atom is -0.478 e. The Balaban J connectivity index is 0.000000216. The van der Waals surface area contributed by atoms with Gasteiger partial charge in [0.05, 0.1) is 26.0 Å². The fourth-order valence-electron chi connectivity index (χ4n) is 5.35. The third-order valence-corrected chi connectivity index (χ3v) is 7.18. The molecule has 2 N–H and O–H groups in total. The second-order valence-corrected chi connectivity index (χ2v) is 9.69. The molecule has 0 bridgehead atoms. The van der Waals surface area contributed by atoms with E-state index in [2.05, 4.69) is 0 Å². The van der Waals surface area contributed by atoms with Crippen LogP contribution in [0.3, 0.4) is 0 Å². The molecule has 2 saturated carbocycles. The Labute approximate surface area is 215 Å². The third kappa shape index (κ3) is 7.72. The maximum atomic E-state index is 13.2. The predicted molar refractivity (Wildman–Crippen MR) is 127 cm³/mol. The highest BCUT2D eigenvalue weighted by molar-refractivity contribution is 5.88. The quantitative estimate of drug-likeness (QED) is 0.387. The van der Waals surface area contributed by atoms with E-state index in [9.17, 15) is 36.2 Å². The van der Waals surface area contributed by atoms with Crippen LogP contribution in [0.25, 0.3) is 0 Å². The molecule has 2 fully saturated rings. The van der Waals surface area contributed by atoms with Gasteiger partial charge in [-0.25, -0.2) is 4.79 Å². The average Bonchev–Trinajstić information content (AvgIpc) is 2.88. The van der Waals surface area contributed by atoms with Crippen molar-refractivity contribution in [3.05, 3.63) is 69.8 Å². The third-order valence-electron chi connectivity index (χ3n) is 7.18. The van der Waals surface area contributed by atoms with E-state index in [1.54, 1.807) is 0 Å². The van der Waals surface area contributed by atoms with Crippen LogP contribution in [-0.4, -0.2) is 16.2 Å². The molecule has 9 heteroatoms. The lowest BCUT2D eigenvalue weighted by atomic mass is 9.81. The molecule has 0 saturated heterocycles. The van der Waals surface area contributed by atoms with E-state index in [1.165, 1.54) is 24.3 Å². The fourth-order valence-corrected chi connectivity index (χ4v) is 5.35. The second-order valence-electron chi connectivity index (χ2n) is 9.69. The summed E-state index contributed by atoms with van der Waals surface area (Å²) in [6.07, 6.45) is -0.263. The summed E-state index contributed by atoms with van der Waals surface area (Å²) in [7, 11) is 0. The molecule has 2 aliphatic rings. The minimum absolute atomic E-state index is 0.104. The van der Waals surface area contributed by atoms with Gasteiger partial charge in [-0.1, -0.05) is 56.7 Å². The molecule has 204 valence electrons. The number of carboxylic acid groups (broad SMARTS) is 1. The Morgan fingerprint density at radius 2 is 1.19 bits per heavy atom. The molecule has 4 rings (SSSR count). The van der Waals surface area contributed by atoms with Gasteiger partial charge in [0.1, 0.15) is 0 Å². The second kappa shape index (κ2) is 12.3. The van der Waals surface area contributed by atoms with Gasteiger partial charge in [-0.3, -0.25) is 0 Å². The van der Waals surface area contributed by atoms with Gasteiger partial charge < -0.3 is 10.2 Å². The molecular weight excluding hydrogens is 498 g/mol. The molecule has 0 spiro atoms. The molecule has 0 radical (unpaired) electrons. The van der Waals surface area contributed by atoms with Gasteiger partial charge >= 0.3 is 18.3 Å². The number of rotatable bonds is 4. The number of carboxylic acids is 1. The Bertz CT molecular complexity index is 1130. The van der Waals surface area contributed by atoms with Crippen molar-refractivity contribution in [1.29, 1.82) is 0 Å². The monoisotopic (exact) mass is 532 g/mol. The van der Waals surface area contributed by atoms with Gasteiger partial charge in [0.25, 0.3) is 0 Å². The predicted octanol–water partition coefficient (Wildman–Crippen LogP) is 8.70. The molecule has 3 nitrogen and oxygen atoms in total. The van der Waals surface area contributed by atoms with Crippen molar-refractivity contribution < 1.29 is 44.1 Å². The molecule has 2 aromatic rings. The molecule has 2 aromatic carbocycles. The van der Waals surface area contributed by atoms with Gasteiger partial charge in [-0.2, -0.15) is 26.3 Å². The summed E-state index contributed by atoms with van der Waals surface area (Å²) in [4.78, 5) is 10.8. The number of carbonyl (C=O) groups is 1. The summed E-state index contributed by atoms with van der Waals surface area (Å²) in [5.41, 5.74) is -1.81. The van der Waals surface area contributed by atoms with Gasteiger partial charge in [-0.15, -0.1) is 0 Å². The molecule has 0 unspecified atom stereocenters. The number of alkyl halides is 6. The van der Waals surface area contributed by atoms with Crippen LogP contribution >= 0.6 is 0 Å². The van der Waals surface area contributed by atoms with Crippen LogP contribution in [0, 0.1) is 0 Å². The summed E-state index contributed by atoms with van der Waals surface area (Å²) < 4.78 is 93.0. The number of halogens is 6. The van der Waals surface area contributed by atoms with Crippen LogP contribution in [0.15, 0.2) is 36.4 Å². The summed E-state index contributed by atoms with van der Waals surface area (Å²) >= 11 is 0. The van der Waals surface area contributed by atoms with Crippen molar-refractivity contribution in [2.24, 2.45) is 0 Å². The maximum absolute atomic E-state index is 13.2. The molecule has 0 aliphatic heterocycles. The lowest BCUT2D eigenvalue weighted by molar-refractivity contribution is -0.139. The molecular formula is C28H32F6O3. The van der Waals surface area contributed by atoms with Crippen LogP contribution in [0.4, 0.5) is 26.3 Å². The van der Waals surface area contributed by atoms with Crippen molar-refractivity contribution in [2.75, 3.05) is 0 Å². The summed E-state index contributed by atoms with van der Waals surface area (Å²) in [6, 6.07) is 6.67. The van der Waals surface area contributed by atoms with Crippen molar-refractivity contribution in [3.8, 4) is 0 Å². The first-order chi connectivity index (χ1) is 18.1. The van der Waals surface area contributed by atoms with Crippen molar-refractivity contribution in [2.45, 2.75) is 95.0 Å². The van der Waals surface area contributed by atoms with Crippen molar-refractivity contribution in [1.82, 2.24) is 0 Å². The number of benzene rings is 2. The number of hydrogen-bond acceptors (Lipinski definition) is 2. The lowest BCUT2D eigenvalue weighted by Gasteiger charge is -2.25. The number of aliphatic hydroxyl groups is 1. The van der Waals surface area contributed by atoms with Crippen molar-refractivity contribution >= 4 is 5.97 Å². The van der Waals surface area contributed by atoms with Crippen molar-refractivity contribution in [3.63, 3.8) is 0 Å². The molecule has 0 amide bonds. The smallest absolute Gasteiger partial charge is 0.416 e. The molecule has 0 aromatic heterocycles. The van der Waals surface area contributed by atoms with Gasteiger partial charge in [0.15, 0.2) is 0 Å². The van der Waals surface area contributed by atoms with Crippen LogP contribution in [0.2, 0.25) is 0 Å². The summed E-state index contributed by atoms with van der Waals surface area (Å²) in [5, 5.41) is 18.1. The Hall–Kier alpha value is -2.55. The van der Waals surface area contributed by atoms with E-state index in [0.29, 0.717) is 0 Å². The molecule has 37 heavy (non-hydrogen) atoms. The Morgan fingerprint density at radius 3 is 1.59 bits per heavy atom. The van der Waals surface area contributed by atoms with E-state index in [4.69, 9.17) is 7.85 Å². The number of hydrogen-bond donors (Lipinski definition) is 2. The lowest BCUT2D eigenvalue weighted by Crippen LogP contribution is -2.15. The van der Waals surface area contributed by atoms with Gasteiger partial charge in [0, 0.05) is 0 Å². The molecule has 0 heterocycles. The van der Waals surface area contributed by atoms with Gasteiger partial charge in [0.2, 0.25) is 0 Å². The average molecular weight is 533 g/mol. The standard InChI is InChI=1S/C14H15F3O2.C14H17F3O/c15-14(16,17)12-8-10(13(18)19)6-7-11(12)9-4-2-1-3-5-9;15-14(16,17)13-8-10(9-18)6-7-12(13)11-4-2-1-3-5-11/h6-9H,1-5H2,(H,18,19);6-8,11,18H,1-5,9H2/i;9D2. The van der Waals surface area contributed by atoms with Crippen LogP contribution < -0.4 is 0 Å². The first kappa shape index (κ1) is 26.1. The number of aromatic carboxylic acids is 1. The van der Waals surface area contributed by atoms with Gasteiger partial charge in [-0.05, 0) is 72.4 Å². The van der Waals surface area contributed by atoms with E-state index >= 15 is 0 Å². The molecule has 0 atom stereocenters. The fraction of sp³-hybridized carbons (Fsp3) is 0.536. The highest BCUT2D eigenvalue weighted by atomic mass is 19.4. The molecule has 2 aliphatic carbocycles. The summed E-state index contributed by atoms with van der Waals surface area (Å²) in [5.74, 6) is -1.56. The van der Waals surface area contributed by atoms with E-state index in [-0.39, 0.29) is 34.1 Å². The van der Waals surface area contributed by atoms with E-state index < -0.39 is 36.0 Å². The highest BCUT2D eigenvalue weighted by Gasteiger charge is 2.37. The normalized spacial score (nSPS) is 18.9. The minimum atomic E-state index is -4.53. The summed E-state index contributed by atoms with van der Waals surface area (Å²) in [6.45, 7) is -2.76. The largest absolute Gasteiger partial charge is 0.478 e. The first-order valence-electron chi connectivity index (χ1n) is 13.5. The topological polar surface area (TPSA) is 57.5 Å². The van der Waals surface area contributed by atoms with Crippen LogP contribution in [0.5, 0.6) is 0 Å². The first-order valence-corrected chi connectivity index (χ1v) is 12.5. The van der Waals surface area contributed by atoms with Crippen LogP contribution in [0.1, 0.15) is 117 Å².